The zero-order valence-corrected chi connectivity index (χ0v) is 13.8. The lowest BCUT2D eigenvalue weighted by Gasteiger charge is -2.12. The lowest BCUT2D eigenvalue weighted by Crippen LogP contribution is -2.18. The molecule has 0 aromatic rings. The van der Waals surface area contributed by atoms with Gasteiger partial charge in [0.2, 0.25) is 0 Å². The number of ether oxygens (including phenoxy) is 2. The standard InChI is InChI=1S/C17H34O3/c1-4-5-6-7-8-9-10-11-12-13-14-16(2)20-17(18)15-19-3/h16H,4-15H2,1-3H3. The minimum absolute atomic E-state index is 0.0201. The van der Waals surface area contributed by atoms with Gasteiger partial charge in [0.15, 0.2) is 0 Å². The van der Waals surface area contributed by atoms with Crippen LogP contribution in [-0.2, 0) is 14.3 Å². The summed E-state index contributed by atoms with van der Waals surface area (Å²) in [6, 6.07) is 0. The molecule has 0 aromatic carbocycles. The van der Waals surface area contributed by atoms with Gasteiger partial charge < -0.3 is 9.47 Å². The molecule has 0 saturated carbocycles. The van der Waals surface area contributed by atoms with Crippen LogP contribution in [0, 0.1) is 0 Å². The summed E-state index contributed by atoms with van der Waals surface area (Å²) in [7, 11) is 1.51. The number of hydrogen-bond acceptors (Lipinski definition) is 3. The molecule has 0 aliphatic rings. The van der Waals surface area contributed by atoms with Gasteiger partial charge in [0.05, 0.1) is 6.10 Å². The van der Waals surface area contributed by atoms with Crippen LogP contribution in [0.1, 0.15) is 84.5 Å². The molecule has 0 spiro atoms. The van der Waals surface area contributed by atoms with E-state index in [2.05, 4.69) is 6.92 Å². The van der Waals surface area contributed by atoms with E-state index in [0.717, 1.165) is 12.8 Å². The van der Waals surface area contributed by atoms with Crippen molar-refractivity contribution in [3.8, 4) is 0 Å². The van der Waals surface area contributed by atoms with Crippen molar-refractivity contribution in [2.75, 3.05) is 13.7 Å². The Morgan fingerprint density at radius 1 is 0.900 bits per heavy atom. The second-order valence-electron chi connectivity index (χ2n) is 5.70. The highest BCUT2D eigenvalue weighted by Gasteiger charge is 2.08. The van der Waals surface area contributed by atoms with Crippen molar-refractivity contribution in [2.45, 2.75) is 90.6 Å². The van der Waals surface area contributed by atoms with Gasteiger partial charge in [-0.1, -0.05) is 64.7 Å². The molecule has 0 rings (SSSR count). The van der Waals surface area contributed by atoms with Gasteiger partial charge in [-0.2, -0.15) is 0 Å². The van der Waals surface area contributed by atoms with E-state index < -0.39 is 0 Å². The molecule has 0 saturated heterocycles. The van der Waals surface area contributed by atoms with Crippen LogP contribution in [0.3, 0.4) is 0 Å². The molecule has 0 N–H and O–H groups in total. The molecule has 0 amide bonds. The van der Waals surface area contributed by atoms with Gasteiger partial charge in [-0.05, 0) is 19.8 Å². The highest BCUT2D eigenvalue weighted by Crippen LogP contribution is 2.12. The van der Waals surface area contributed by atoms with E-state index in [4.69, 9.17) is 9.47 Å². The van der Waals surface area contributed by atoms with Crippen molar-refractivity contribution >= 4 is 5.97 Å². The minimum Gasteiger partial charge on any atom is -0.461 e. The Kier molecular flexibility index (Phi) is 14.4. The number of esters is 1. The molecule has 0 aliphatic heterocycles. The summed E-state index contributed by atoms with van der Waals surface area (Å²) in [6.07, 6.45) is 14.3. The van der Waals surface area contributed by atoms with Gasteiger partial charge in [0.1, 0.15) is 6.61 Å². The van der Waals surface area contributed by atoms with E-state index in [1.54, 1.807) is 0 Å². The SMILES string of the molecule is CCCCCCCCCCCCC(C)OC(=O)COC. The van der Waals surface area contributed by atoms with Crippen molar-refractivity contribution in [3.05, 3.63) is 0 Å². The first-order valence-corrected chi connectivity index (χ1v) is 8.39. The summed E-state index contributed by atoms with van der Waals surface area (Å²) in [5.41, 5.74) is 0. The number of carbonyl (C=O) groups excluding carboxylic acids is 1. The monoisotopic (exact) mass is 286 g/mol. The fourth-order valence-corrected chi connectivity index (χ4v) is 2.35. The molecule has 1 unspecified atom stereocenters. The van der Waals surface area contributed by atoms with E-state index in [1.165, 1.54) is 64.9 Å². The molecule has 0 radical (unpaired) electrons. The normalized spacial score (nSPS) is 12.3. The number of rotatable bonds is 14. The van der Waals surface area contributed by atoms with Crippen molar-refractivity contribution in [3.63, 3.8) is 0 Å². The Morgan fingerprint density at radius 2 is 1.40 bits per heavy atom. The van der Waals surface area contributed by atoms with Crippen LogP contribution >= 0.6 is 0 Å². The van der Waals surface area contributed by atoms with E-state index in [9.17, 15) is 4.79 Å². The van der Waals surface area contributed by atoms with E-state index in [-0.39, 0.29) is 18.7 Å². The Morgan fingerprint density at radius 3 is 1.90 bits per heavy atom. The van der Waals surface area contributed by atoms with Crippen LogP contribution in [0.5, 0.6) is 0 Å². The van der Waals surface area contributed by atoms with Crippen LogP contribution in [-0.4, -0.2) is 25.8 Å². The third kappa shape index (κ3) is 13.9. The fraction of sp³-hybridized carbons (Fsp3) is 0.941. The first kappa shape index (κ1) is 19.4. The average Bonchev–Trinajstić information content (AvgIpc) is 2.41. The quantitative estimate of drug-likeness (QED) is 0.337. The molecule has 3 heteroatoms. The zero-order valence-electron chi connectivity index (χ0n) is 13.8. The van der Waals surface area contributed by atoms with Crippen LogP contribution < -0.4 is 0 Å². The van der Waals surface area contributed by atoms with Crippen molar-refractivity contribution < 1.29 is 14.3 Å². The molecule has 1 atom stereocenters. The van der Waals surface area contributed by atoms with E-state index in [1.807, 2.05) is 6.92 Å². The third-order valence-electron chi connectivity index (χ3n) is 3.56. The Balaban J connectivity index is 3.21. The van der Waals surface area contributed by atoms with Crippen LogP contribution in [0.15, 0.2) is 0 Å². The largest absolute Gasteiger partial charge is 0.461 e. The van der Waals surface area contributed by atoms with Crippen LogP contribution in [0.4, 0.5) is 0 Å². The maximum Gasteiger partial charge on any atom is 0.332 e. The topological polar surface area (TPSA) is 35.5 Å². The fourth-order valence-electron chi connectivity index (χ4n) is 2.35. The smallest absolute Gasteiger partial charge is 0.332 e. The number of methoxy groups -OCH3 is 1. The maximum absolute atomic E-state index is 11.2. The first-order chi connectivity index (χ1) is 9.70. The second-order valence-corrected chi connectivity index (χ2v) is 5.70. The second kappa shape index (κ2) is 14.8. The summed E-state index contributed by atoms with van der Waals surface area (Å²) in [5, 5.41) is 0. The van der Waals surface area contributed by atoms with Gasteiger partial charge in [-0.15, -0.1) is 0 Å². The lowest BCUT2D eigenvalue weighted by atomic mass is 10.0. The van der Waals surface area contributed by atoms with Crippen molar-refractivity contribution in [1.29, 1.82) is 0 Å². The van der Waals surface area contributed by atoms with Crippen molar-refractivity contribution in [1.82, 2.24) is 0 Å². The van der Waals surface area contributed by atoms with E-state index in [0.29, 0.717) is 0 Å². The molecule has 20 heavy (non-hydrogen) atoms. The first-order valence-electron chi connectivity index (χ1n) is 8.39. The van der Waals surface area contributed by atoms with Crippen LogP contribution in [0.2, 0.25) is 0 Å². The van der Waals surface area contributed by atoms with Gasteiger partial charge >= 0.3 is 5.97 Å². The molecular formula is C17H34O3. The predicted molar refractivity (Wildman–Crippen MR) is 83.9 cm³/mol. The maximum atomic E-state index is 11.2. The third-order valence-corrected chi connectivity index (χ3v) is 3.56. The van der Waals surface area contributed by atoms with Gasteiger partial charge in [-0.25, -0.2) is 4.79 Å². The van der Waals surface area contributed by atoms with Gasteiger partial charge in [0.25, 0.3) is 0 Å². The van der Waals surface area contributed by atoms with Crippen molar-refractivity contribution in [2.24, 2.45) is 0 Å². The number of hydrogen-bond donors (Lipinski definition) is 0. The summed E-state index contributed by atoms with van der Waals surface area (Å²) in [6.45, 7) is 4.28. The lowest BCUT2D eigenvalue weighted by molar-refractivity contribution is -0.152. The number of unbranched alkanes of at least 4 members (excludes halogenated alkanes) is 9. The average molecular weight is 286 g/mol. The molecular weight excluding hydrogens is 252 g/mol. The number of carbonyl (C=O) groups is 1. The molecule has 0 aliphatic carbocycles. The predicted octanol–water partition coefficient (Wildman–Crippen LogP) is 4.88. The molecule has 0 fully saturated rings. The van der Waals surface area contributed by atoms with Gasteiger partial charge in [0, 0.05) is 7.11 Å². The summed E-state index contributed by atoms with van der Waals surface area (Å²) < 4.78 is 9.94. The highest BCUT2D eigenvalue weighted by atomic mass is 16.6. The molecule has 0 aromatic heterocycles. The Labute approximate surface area is 125 Å². The summed E-state index contributed by atoms with van der Waals surface area (Å²) in [4.78, 5) is 11.2. The molecule has 0 heterocycles. The zero-order chi connectivity index (χ0) is 15.1. The van der Waals surface area contributed by atoms with Gasteiger partial charge in [-0.3, -0.25) is 0 Å². The Hall–Kier alpha value is -0.570. The minimum atomic E-state index is -0.257. The molecule has 120 valence electrons. The molecule has 0 bridgehead atoms. The highest BCUT2D eigenvalue weighted by molar-refractivity contribution is 5.70. The van der Waals surface area contributed by atoms with Crippen LogP contribution in [0.25, 0.3) is 0 Å². The summed E-state index contributed by atoms with van der Waals surface area (Å²) >= 11 is 0. The Bertz CT molecular complexity index is 216. The molecule has 3 nitrogen and oxygen atoms in total. The summed E-state index contributed by atoms with van der Waals surface area (Å²) in [5.74, 6) is -0.257. The van der Waals surface area contributed by atoms with E-state index >= 15 is 0 Å².